The molecule has 1 saturated heterocycles. The summed E-state index contributed by atoms with van der Waals surface area (Å²) in [7, 11) is 0. The monoisotopic (exact) mass is 239 g/mol. The molecule has 1 fully saturated rings. The molecule has 90 valence electrons. The fourth-order valence-electron chi connectivity index (χ4n) is 2.12. The molecule has 3 nitrogen and oxygen atoms in total. The van der Waals surface area contributed by atoms with E-state index in [0.717, 1.165) is 25.2 Å². The lowest BCUT2D eigenvalue weighted by Gasteiger charge is -2.15. The van der Waals surface area contributed by atoms with Gasteiger partial charge >= 0.3 is 0 Å². The third kappa shape index (κ3) is 3.85. The van der Waals surface area contributed by atoms with Crippen LogP contribution in [0.15, 0.2) is 5.38 Å². The molecule has 0 aliphatic carbocycles. The summed E-state index contributed by atoms with van der Waals surface area (Å²) in [6, 6.07) is 0.705. The van der Waals surface area contributed by atoms with E-state index in [1.165, 1.54) is 30.8 Å². The predicted octanol–water partition coefficient (Wildman–Crippen LogP) is 1.73. The van der Waals surface area contributed by atoms with Gasteiger partial charge in [-0.25, -0.2) is 4.98 Å². The lowest BCUT2D eigenvalue weighted by molar-refractivity contribution is 0.472. The zero-order valence-corrected chi connectivity index (χ0v) is 10.8. The Bertz CT molecular complexity index is 303. The summed E-state index contributed by atoms with van der Waals surface area (Å²) in [5.74, 6) is 0. The number of hydrogen-bond acceptors (Lipinski definition) is 4. The molecule has 16 heavy (non-hydrogen) atoms. The van der Waals surface area contributed by atoms with Crippen molar-refractivity contribution in [3.05, 3.63) is 16.1 Å². The Morgan fingerprint density at radius 2 is 2.44 bits per heavy atom. The maximum absolute atomic E-state index is 4.48. The number of aromatic nitrogens is 1. The van der Waals surface area contributed by atoms with E-state index in [9.17, 15) is 0 Å². The fraction of sp³-hybridized carbons (Fsp3) is 0.750. The van der Waals surface area contributed by atoms with Crippen molar-refractivity contribution in [3.8, 4) is 0 Å². The van der Waals surface area contributed by atoms with Crippen LogP contribution in [0.2, 0.25) is 0 Å². The first-order valence-electron chi connectivity index (χ1n) is 6.20. The van der Waals surface area contributed by atoms with E-state index in [0.29, 0.717) is 6.04 Å². The van der Waals surface area contributed by atoms with E-state index in [1.807, 2.05) is 0 Å². The second-order valence-corrected chi connectivity index (χ2v) is 5.41. The van der Waals surface area contributed by atoms with Gasteiger partial charge in [-0.15, -0.1) is 11.3 Å². The summed E-state index contributed by atoms with van der Waals surface area (Å²) in [4.78, 5) is 4.48. The molecule has 4 heteroatoms. The van der Waals surface area contributed by atoms with Gasteiger partial charge in [0.05, 0.1) is 5.01 Å². The third-order valence-corrected chi connectivity index (χ3v) is 4.04. The van der Waals surface area contributed by atoms with Crippen LogP contribution in [0.25, 0.3) is 0 Å². The summed E-state index contributed by atoms with van der Waals surface area (Å²) in [6.07, 6.45) is 4.94. The molecule has 2 N–H and O–H groups in total. The first kappa shape index (κ1) is 12.0. The Morgan fingerprint density at radius 3 is 3.25 bits per heavy atom. The van der Waals surface area contributed by atoms with Crippen molar-refractivity contribution in [1.29, 1.82) is 0 Å². The molecule has 1 unspecified atom stereocenters. The topological polar surface area (TPSA) is 37.0 Å². The van der Waals surface area contributed by atoms with Crippen LogP contribution in [-0.2, 0) is 6.42 Å². The molecule has 0 aromatic carbocycles. The second-order valence-electron chi connectivity index (χ2n) is 4.46. The number of nitrogens with one attached hydrogen (secondary N) is 2. The molecular formula is C12H21N3S. The smallest absolute Gasteiger partial charge is 0.0940 e. The minimum atomic E-state index is 0.705. The van der Waals surface area contributed by atoms with Gasteiger partial charge in [-0.05, 0) is 39.3 Å². The molecule has 0 saturated carbocycles. The van der Waals surface area contributed by atoms with Crippen molar-refractivity contribution in [1.82, 2.24) is 15.6 Å². The number of thiazole rings is 1. The molecule has 1 atom stereocenters. The highest BCUT2D eigenvalue weighted by Crippen LogP contribution is 2.09. The van der Waals surface area contributed by atoms with Gasteiger partial charge in [0.2, 0.25) is 0 Å². The first-order valence-corrected chi connectivity index (χ1v) is 7.07. The fourth-order valence-corrected chi connectivity index (χ4v) is 2.90. The highest BCUT2D eigenvalue weighted by molar-refractivity contribution is 7.09. The second kappa shape index (κ2) is 6.33. The molecule has 0 bridgehead atoms. The Morgan fingerprint density at radius 1 is 1.50 bits per heavy atom. The summed E-state index contributed by atoms with van der Waals surface area (Å²) >= 11 is 1.78. The molecule has 2 rings (SSSR count). The molecular weight excluding hydrogens is 218 g/mol. The van der Waals surface area contributed by atoms with Gasteiger partial charge in [0.1, 0.15) is 0 Å². The molecule has 1 aliphatic heterocycles. The summed E-state index contributed by atoms with van der Waals surface area (Å²) in [5, 5.41) is 10.5. The van der Waals surface area contributed by atoms with Crippen LogP contribution in [0.5, 0.6) is 0 Å². The van der Waals surface area contributed by atoms with Gasteiger partial charge in [0, 0.05) is 30.1 Å². The van der Waals surface area contributed by atoms with Crippen LogP contribution >= 0.6 is 11.3 Å². The van der Waals surface area contributed by atoms with Crippen LogP contribution in [0.1, 0.15) is 30.0 Å². The average Bonchev–Trinajstić information content (AvgIpc) is 2.54. The van der Waals surface area contributed by atoms with E-state index >= 15 is 0 Å². The Hall–Kier alpha value is -0.450. The summed E-state index contributed by atoms with van der Waals surface area (Å²) in [6.45, 7) is 5.47. The average molecular weight is 239 g/mol. The van der Waals surface area contributed by atoms with E-state index in [4.69, 9.17) is 0 Å². The lowest BCUT2D eigenvalue weighted by atomic mass is 10.1. The largest absolute Gasteiger partial charge is 0.317 e. The molecule has 0 spiro atoms. The van der Waals surface area contributed by atoms with Crippen molar-refractivity contribution >= 4 is 11.3 Å². The molecule has 1 aliphatic rings. The number of rotatable bonds is 4. The maximum atomic E-state index is 4.48. The highest BCUT2D eigenvalue weighted by atomic mass is 32.1. The van der Waals surface area contributed by atoms with Crippen molar-refractivity contribution < 1.29 is 0 Å². The highest BCUT2D eigenvalue weighted by Gasteiger charge is 2.10. The van der Waals surface area contributed by atoms with Crippen molar-refractivity contribution in [2.45, 2.75) is 38.6 Å². The Labute approximate surface area is 102 Å². The van der Waals surface area contributed by atoms with Gasteiger partial charge in [-0.3, -0.25) is 0 Å². The van der Waals surface area contributed by atoms with E-state index < -0.39 is 0 Å². The number of nitrogens with zero attached hydrogens (tertiary/aromatic N) is 1. The standard InChI is InChI=1S/C12H21N3S/c1-10-9-16-12(15-10)5-8-14-11-3-2-6-13-7-4-11/h9,11,13-14H,2-8H2,1H3. The summed E-state index contributed by atoms with van der Waals surface area (Å²) < 4.78 is 0. The Kier molecular flexibility index (Phi) is 4.75. The van der Waals surface area contributed by atoms with Crippen LogP contribution < -0.4 is 10.6 Å². The van der Waals surface area contributed by atoms with Gasteiger partial charge in [-0.2, -0.15) is 0 Å². The van der Waals surface area contributed by atoms with E-state index in [2.05, 4.69) is 27.9 Å². The zero-order chi connectivity index (χ0) is 11.2. The van der Waals surface area contributed by atoms with Crippen molar-refractivity contribution in [2.24, 2.45) is 0 Å². The van der Waals surface area contributed by atoms with Gasteiger partial charge in [0.15, 0.2) is 0 Å². The zero-order valence-electron chi connectivity index (χ0n) is 9.96. The number of aryl methyl sites for hydroxylation is 1. The Balaban J connectivity index is 1.67. The first-order chi connectivity index (χ1) is 7.84. The third-order valence-electron chi connectivity index (χ3n) is 3.01. The van der Waals surface area contributed by atoms with Crippen LogP contribution in [0, 0.1) is 6.92 Å². The molecule has 2 heterocycles. The maximum Gasteiger partial charge on any atom is 0.0940 e. The van der Waals surface area contributed by atoms with Gasteiger partial charge in [0.25, 0.3) is 0 Å². The summed E-state index contributed by atoms with van der Waals surface area (Å²) in [5.41, 5.74) is 1.15. The van der Waals surface area contributed by atoms with Crippen molar-refractivity contribution in [3.63, 3.8) is 0 Å². The minimum Gasteiger partial charge on any atom is -0.317 e. The van der Waals surface area contributed by atoms with Gasteiger partial charge in [-0.1, -0.05) is 0 Å². The number of hydrogen-bond donors (Lipinski definition) is 2. The molecule has 0 radical (unpaired) electrons. The van der Waals surface area contributed by atoms with Crippen LogP contribution in [0.3, 0.4) is 0 Å². The van der Waals surface area contributed by atoms with Gasteiger partial charge < -0.3 is 10.6 Å². The molecule has 0 amide bonds. The molecule has 1 aromatic heterocycles. The predicted molar refractivity (Wildman–Crippen MR) is 69.1 cm³/mol. The molecule has 1 aromatic rings. The normalized spacial score (nSPS) is 21.9. The SMILES string of the molecule is Cc1csc(CCNC2CCCNCC2)n1. The quantitative estimate of drug-likeness (QED) is 0.840. The lowest BCUT2D eigenvalue weighted by Crippen LogP contribution is -2.31. The van der Waals surface area contributed by atoms with E-state index in [-0.39, 0.29) is 0 Å². The van der Waals surface area contributed by atoms with Crippen LogP contribution in [-0.4, -0.2) is 30.7 Å². The van der Waals surface area contributed by atoms with E-state index in [1.54, 1.807) is 11.3 Å². The van der Waals surface area contributed by atoms with Crippen LogP contribution in [0.4, 0.5) is 0 Å². The van der Waals surface area contributed by atoms with Crippen molar-refractivity contribution in [2.75, 3.05) is 19.6 Å². The minimum absolute atomic E-state index is 0.705.